The zero-order chi connectivity index (χ0) is 20.8. The van der Waals surface area contributed by atoms with Crippen LogP contribution < -0.4 is 10.5 Å². The van der Waals surface area contributed by atoms with Gasteiger partial charge in [-0.05, 0) is 41.7 Å². The second-order valence-corrected chi connectivity index (χ2v) is 10.9. The van der Waals surface area contributed by atoms with Gasteiger partial charge in [-0.25, -0.2) is 4.98 Å². The SMILES string of the molecule is C[C@@H]1CCc2c(sc3nc(C[NH+](C)Cc4ccc(C(C)(C)C)cc4)[nH]c(=O)c23)C1. The fraction of sp³-hybridized carbons (Fsp3) is 0.500. The molecule has 0 radical (unpaired) electrons. The van der Waals surface area contributed by atoms with Crippen LogP contribution in [0.4, 0.5) is 0 Å². The number of rotatable bonds is 4. The molecule has 0 spiro atoms. The molecule has 1 unspecified atom stereocenters. The highest BCUT2D eigenvalue weighted by molar-refractivity contribution is 7.18. The van der Waals surface area contributed by atoms with Crippen molar-refractivity contribution in [3.8, 4) is 0 Å². The molecule has 2 aromatic heterocycles. The van der Waals surface area contributed by atoms with E-state index >= 15 is 0 Å². The van der Waals surface area contributed by atoms with Crippen molar-refractivity contribution >= 4 is 21.6 Å². The van der Waals surface area contributed by atoms with E-state index in [1.54, 1.807) is 11.3 Å². The Kier molecular flexibility index (Phi) is 5.38. The first kappa shape index (κ1) is 20.3. The van der Waals surface area contributed by atoms with Gasteiger partial charge in [0, 0.05) is 10.4 Å². The van der Waals surface area contributed by atoms with Crippen molar-refractivity contribution in [3.63, 3.8) is 0 Å². The number of thiophene rings is 1. The van der Waals surface area contributed by atoms with Gasteiger partial charge in [-0.15, -0.1) is 11.3 Å². The van der Waals surface area contributed by atoms with E-state index in [1.807, 2.05) is 0 Å². The lowest BCUT2D eigenvalue weighted by atomic mass is 9.87. The van der Waals surface area contributed by atoms with Crippen molar-refractivity contribution in [3.05, 3.63) is 62.0 Å². The molecule has 154 valence electrons. The van der Waals surface area contributed by atoms with Crippen LogP contribution in [-0.4, -0.2) is 17.0 Å². The molecule has 2 heterocycles. The molecule has 0 fully saturated rings. The third-order valence-corrected chi connectivity index (χ3v) is 7.16. The van der Waals surface area contributed by atoms with E-state index in [4.69, 9.17) is 4.98 Å². The second kappa shape index (κ2) is 7.69. The van der Waals surface area contributed by atoms with E-state index in [2.05, 4.69) is 64.0 Å². The highest BCUT2D eigenvalue weighted by Gasteiger charge is 2.23. The lowest BCUT2D eigenvalue weighted by Gasteiger charge is -2.19. The molecule has 4 nitrogen and oxygen atoms in total. The van der Waals surface area contributed by atoms with Gasteiger partial charge in [-0.2, -0.15) is 0 Å². The number of hydrogen-bond donors (Lipinski definition) is 2. The molecule has 5 heteroatoms. The number of benzene rings is 1. The average molecular weight is 411 g/mol. The summed E-state index contributed by atoms with van der Waals surface area (Å²) in [6.07, 6.45) is 3.26. The Hall–Kier alpha value is -1.98. The molecule has 0 bridgehead atoms. The Morgan fingerprint density at radius 1 is 1.21 bits per heavy atom. The molecule has 0 amide bonds. The van der Waals surface area contributed by atoms with Crippen molar-refractivity contribution < 1.29 is 4.90 Å². The molecule has 4 rings (SSSR count). The summed E-state index contributed by atoms with van der Waals surface area (Å²) >= 11 is 1.73. The number of aromatic amines is 1. The largest absolute Gasteiger partial charge is 0.327 e. The number of aryl methyl sites for hydroxylation is 1. The van der Waals surface area contributed by atoms with Crippen LogP contribution in [0.5, 0.6) is 0 Å². The van der Waals surface area contributed by atoms with Crippen molar-refractivity contribution in [2.24, 2.45) is 5.92 Å². The Morgan fingerprint density at radius 3 is 2.62 bits per heavy atom. The summed E-state index contributed by atoms with van der Waals surface area (Å²) in [7, 11) is 2.16. The summed E-state index contributed by atoms with van der Waals surface area (Å²) in [4.78, 5) is 24.3. The summed E-state index contributed by atoms with van der Waals surface area (Å²) in [5.74, 6) is 1.49. The van der Waals surface area contributed by atoms with Crippen LogP contribution in [0.3, 0.4) is 0 Å². The van der Waals surface area contributed by atoms with E-state index in [0.29, 0.717) is 12.5 Å². The Bertz CT molecular complexity index is 1070. The van der Waals surface area contributed by atoms with E-state index in [1.165, 1.54) is 32.9 Å². The van der Waals surface area contributed by atoms with Gasteiger partial charge in [0.15, 0.2) is 5.82 Å². The maximum Gasteiger partial charge on any atom is 0.260 e. The minimum Gasteiger partial charge on any atom is -0.327 e. The molecule has 0 saturated heterocycles. The molecule has 1 aliphatic rings. The summed E-state index contributed by atoms with van der Waals surface area (Å²) < 4.78 is 0. The summed E-state index contributed by atoms with van der Waals surface area (Å²) in [5.41, 5.74) is 4.13. The van der Waals surface area contributed by atoms with Crippen LogP contribution in [0.1, 0.15) is 61.5 Å². The number of nitrogens with one attached hydrogen (secondary N) is 2. The quantitative estimate of drug-likeness (QED) is 0.690. The van der Waals surface area contributed by atoms with E-state index < -0.39 is 0 Å². The predicted octanol–water partition coefficient (Wildman–Crippen LogP) is 3.62. The number of hydrogen-bond acceptors (Lipinski definition) is 3. The second-order valence-electron chi connectivity index (χ2n) is 9.80. The zero-order valence-electron chi connectivity index (χ0n) is 18.2. The highest BCUT2D eigenvalue weighted by atomic mass is 32.1. The first-order valence-electron chi connectivity index (χ1n) is 10.6. The Balaban J connectivity index is 1.51. The van der Waals surface area contributed by atoms with E-state index in [0.717, 1.165) is 35.4 Å². The lowest BCUT2D eigenvalue weighted by molar-refractivity contribution is -0.908. The number of fused-ring (bicyclic) bond motifs is 3. The summed E-state index contributed by atoms with van der Waals surface area (Å²) in [6.45, 7) is 10.6. The molecule has 1 aliphatic carbocycles. The van der Waals surface area contributed by atoms with Crippen LogP contribution >= 0.6 is 11.3 Å². The number of nitrogens with zero attached hydrogens (tertiary/aromatic N) is 1. The molecule has 2 atom stereocenters. The van der Waals surface area contributed by atoms with Gasteiger partial charge in [0.2, 0.25) is 0 Å². The van der Waals surface area contributed by atoms with E-state index in [9.17, 15) is 4.79 Å². The minimum atomic E-state index is 0.0411. The Labute approximate surface area is 177 Å². The number of H-pyrrole nitrogens is 1. The Morgan fingerprint density at radius 2 is 1.93 bits per heavy atom. The molecular weight excluding hydrogens is 378 g/mol. The number of aromatic nitrogens is 2. The summed E-state index contributed by atoms with van der Waals surface area (Å²) in [5, 5.41) is 0.844. The average Bonchev–Trinajstić information content (AvgIpc) is 2.98. The van der Waals surface area contributed by atoms with E-state index in [-0.39, 0.29) is 11.0 Å². The van der Waals surface area contributed by atoms with Crippen molar-refractivity contribution in [2.45, 2.75) is 65.5 Å². The topological polar surface area (TPSA) is 50.2 Å². The predicted molar refractivity (Wildman–Crippen MR) is 121 cm³/mol. The van der Waals surface area contributed by atoms with Gasteiger partial charge < -0.3 is 9.88 Å². The van der Waals surface area contributed by atoms with Crippen LogP contribution in [0.2, 0.25) is 0 Å². The normalized spacial score (nSPS) is 18.0. The van der Waals surface area contributed by atoms with Crippen molar-refractivity contribution in [1.82, 2.24) is 9.97 Å². The van der Waals surface area contributed by atoms with Crippen LogP contribution in [-0.2, 0) is 31.3 Å². The minimum absolute atomic E-state index is 0.0411. The molecule has 0 aliphatic heterocycles. The third-order valence-electron chi connectivity index (χ3n) is 6.01. The molecule has 29 heavy (non-hydrogen) atoms. The first-order chi connectivity index (χ1) is 13.7. The summed E-state index contributed by atoms with van der Waals surface area (Å²) in [6, 6.07) is 8.90. The van der Waals surface area contributed by atoms with Crippen LogP contribution in [0, 0.1) is 5.92 Å². The molecular formula is C24H32N3OS+. The molecule has 1 aromatic carbocycles. The lowest BCUT2D eigenvalue weighted by Crippen LogP contribution is -3.06. The van der Waals surface area contributed by atoms with Gasteiger partial charge in [-0.3, -0.25) is 4.79 Å². The molecule has 3 aromatic rings. The zero-order valence-corrected chi connectivity index (χ0v) is 19.0. The maximum atomic E-state index is 12.8. The highest BCUT2D eigenvalue weighted by Crippen LogP contribution is 2.35. The monoisotopic (exact) mass is 410 g/mol. The van der Waals surface area contributed by atoms with Gasteiger partial charge in [0.25, 0.3) is 5.56 Å². The third kappa shape index (κ3) is 4.31. The van der Waals surface area contributed by atoms with Crippen molar-refractivity contribution in [1.29, 1.82) is 0 Å². The van der Waals surface area contributed by atoms with Gasteiger partial charge in [0.1, 0.15) is 17.9 Å². The van der Waals surface area contributed by atoms with Gasteiger partial charge in [-0.1, -0.05) is 52.0 Å². The molecule has 2 N–H and O–H groups in total. The number of quaternary nitrogens is 1. The maximum absolute atomic E-state index is 12.8. The van der Waals surface area contributed by atoms with Crippen LogP contribution in [0.15, 0.2) is 29.1 Å². The fourth-order valence-corrected chi connectivity index (χ4v) is 5.70. The smallest absolute Gasteiger partial charge is 0.260 e. The fourth-order valence-electron chi connectivity index (χ4n) is 4.30. The molecule has 0 saturated carbocycles. The standard InChI is InChI=1S/C24H31N3OS/c1-15-6-11-18-19(12-15)29-23-21(18)22(28)25-20(26-23)14-27(5)13-16-7-9-17(10-8-16)24(2,3)4/h7-10,15H,6,11-14H2,1-5H3,(H,25,26,28)/p+1/t15-/m1/s1. The van der Waals surface area contributed by atoms with Crippen LogP contribution in [0.25, 0.3) is 10.2 Å². The van der Waals surface area contributed by atoms with Crippen molar-refractivity contribution in [2.75, 3.05) is 7.05 Å². The van der Waals surface area contributed by atoms with Gasteiger partial charge in [0.05, 0.1) is 12.4 Å². The van der Waals surface area contributed by atoms with Gasteiger partial charge >= 0.3 is 0 Å². The first-order valence-corrected chi connectivity index (χ1v) is 11.5.